The van der Waals surface area contributed by atoms with Crippen LogP contribution >= 0.6 is 0 Å². The third-order valence-electron chi connectivity index (χ3n) is 3.57. The Morgan fingerprint density at radius 1 is 1.40 bits per heavy atom. The fraction of sp³-hybridized carbons (Fsp3) is 0.429. The van der Waals surface area contributed by atoms with Crippen molar-refractivity contribution in [2.45, 2.75) is 19.9 Å². The molecule has 0 aliphatic carbocycles. The molecule has 0 amide bonds. The molecule has 0 bridgehead atoms. The predicted octanol–water partition coefficient (Wildman–Crippen LogP) is 1.72. The highest BCUT2D eigenvalue weighted by Crippen LogP contribution is 2.20. The Bertz CT molecular complexity index is 609. The maximum absolute atomic E-state index is 13.6. The summed E-state index contributed by atoms with van der Waals surface area (Å²) in [7, 11) is 0. The molecular weight excluding hydrogens is 257 g/mol. The molecule has 3 rings (SSSR count). The zero-order valence-electron chi connectivity index (χ0n) is 11.7. The van der Waals surface area contributed by atoms with Crippen LogP contribution in [0.5, 0.6) is 0 Å². The van der Waals surface area contributed by atoms with Crippen LogP contribution in [0.2, 0.25) is 0 Å². The first-order valence-corrected chi connectivity index (χ1v) is 6.81. The first-order chi connectivity index (χ1) is 9.63. The molecule has 1 atom stereocenters. The average molecular weight is 275 g/mol. The van der Waals surface area contributed by atoms with E-state index in [1.165, 1.54) is 6.07 Å². The smallest absolute Gasteiger partial charge is 0.245 e. The lowest BCUT2D eigenvalue weighted by Gasteiger charge is -2.30. The number of benzene rings is 1. The number of aromatic amines is 1. The van der Waals surface area contributed by atoms with Crippen molar-refractivity contribution in [3.8, 4) is 11.4 Å². The van der Waals surface area contributed by atoms with Crippen molar-refractivity contribution in [3.05, 3.63) is 29.6 Å². The van der Waals surface area contributed by atoms with Gasteiger partial charge in [0.15, 0.2) is 5.82 Å². The first kappa shape index (κ1) is 13.1. The summed E-state index contributed by atoms with van der Waals surface area (Å²) in [6, 6.07) is 5.51. The van der Waals surface area contributed by atoms with Gasteiger partial charge in [0.1, 0.15) is 5.82 Å². The minimum atomic E-state index is -0.226. The number of aryl methyl sites for hydroxylation is 1. The SMILES string of the molecule is Cc1ccc(-c2nc(N3CCN[C@H](C)C3)n[nH]2)cc1F. The third-order valence-corrected chi connectivity index (χ3v) is 3.57. The summed E-state index contributed by atoms with van der Waals surface area (Å²) in [5, 5.41) is 10.5. The highest BCUT2D eigenvalue weighted by molar-refractivity contribution is 5.57. The Morgan fingerprint density at radius 3 is 3.00 bits per heavy atom. The van der Waals surface area contributed by atoms with Crippen molar-refractivity contribution in [2.24, 2.45) is 0 Å². The molecule has 0 radical (unpaired) electrons. The fourth-order valence-corrected chi connectivity index (χ4v) is 2.38. The van der Waals surface area contributed by atoms with E-state index in [2.05, 4.69) is 32.3 Å². The summed E-state index contributed by atoms with van der Waals surface area (Å²) >= 11 is 0. The molecule has 2 heterocycles. The number of hydrogen-bond donors (Lipinski definition) is 2. The molecule has 1 aromatic carbocycles. The maximum Gasteiger partial charge on any atom is 0.245 e. The van der Waals surface area contributed by atoms with E-state index in [0.29, 0.717) is 23.4 Å². The van der Waals surface area contributed by atoms with Crippen molar-refractivity contribution in [1.82, 2.24) is 20.5 Å². The molecule has 1 aliphatic rings. The summed E-state index contributed by atoms with van der Waals surface area (Å²) in [6.45, 7) is 6.55. The second kappa shape index (κ2) is 5.20. The maximum atomic E-state index is 13.6. The molecular formula is C14H18FN5. The monoisotopic (exact) mass is 275 g/mol. The Kier molecular flexibility index (Phi) is 3.40. The Labute approximate surface area is 117 Å². The van der Waals surface area contributed by atoms with E-state index in [0.717, 1.165) is 25.2 Å². The van der Waals surface area contributed by atoms with Crippen LogP contribution in [0.15, 0.2) is 18.2 Å². The molecule has 0 unspecified atom stereocenters. The molecule has 106 valence electrons. The number of nitrogens with one attached hydrogen (secondary N) is 2. The second-order valence-electron chi connectivity index (χ2n) is 5.25. The van der Waals surface area contributed by atoms with Gasteiger partial charge in [0.2, 0.25) is 5.95 Å². The molecule has 1 aliphatic heterocycles. The second-order valence-corrected chi connectivity index (χ2v) is 5.25. The van der Waals surface area contributed by atoms with E-state index in [1.807, 2.05) is 6.07 Å². The molecule has 6 heteroatoms. The number of H-pyrrole nitrogens is 1. The van der Waals surface area contributed by atoms with Crippen LogP contribution in [-0.2, 0) is 0 Å². The standard InChI is InChI=1S/C14H18FN5/c1-9-3-4-11(7-12(9)15)13-17-14(19-18-13)20-6-5-16-10(2)8-20/h3-4,7,10,16H,5-6,8H2,1-2H3,(H,17,18,19)/t10-/m1/s1. The molecule has 1 aromatic heterocycles. The first-order valence-electron chi connectivity index (χ1n) is 6.81. The van der Waals surface area contributed by atoms with E-state index in [9.17, 15) is 4.39 Å². The summed E-state index contributed by atoms with van der Waals surface area (Å²) in [5.74, 6) is 1.05. The highest BCUT2D eigenvalue weighted by atomic mass is 19.1. The van der Waals surface area contributed by atoms with Crippen LogP contribution in [0.3, 0.4) is 0 Å². The zero-order chi connectivity index (χ0) is 14.1. The number of aromatic nitrogens is 3. The lowest BCUT2D eigenvalue weighted by Crippen LogP contribution is -2.49. The Hall–Kier alpha value is -1.95. The van der Waals surface area contributed by atoms with Crippen molar-refractivity contribution in [1.29, 1.82) is 0 Å². The summed E-state index contributed by atoms with van der Waals surface area (Å²) < 4.78 is 13.6. The van der Waals surface area contributed by atoms with Crippen LogP contribution in [0.4, 0.5) is 10.3 Å². The minimum Gasteiger partial charge on any atom is -0.337 e. The van der Waals surface area contributed by atoms with Crippen molar-refractivity contribution in [2.75, 3.05) is 24.5 Å². The van der Waals surface area contributed by atoms with Gasteiger partial charge in [-0.25, -0.2) is 4.39 Å². The van der Waals surface area contributed by atoms with Gasteiger partial charge in [-0.3, -0.25) is 5.10 Å². The van der Waals surface area contributed by atoms with Gasteiger partial charge in [-0.2, -0.15) is 4.98 Å². The normalized spacial score (nSPS) is 19.4. The van der Waals surface area contributed by atoms with Crippen LogP contribution in [0.25, 0.3) is 11.4 Å². The molecule has 0 spiro atoms. The van der Waals surface area contributed by atoms with E-state index < -0.39 is 0 Å². The largest absolute Gasteiger partial charge is 0.337 e. The van der Waals surface area contributed by atoms with Gasteiger partial charge < -0.3 is 10.2 Å². The molecule has 0 saturated carbocycles. The summed E-state index contributed by atoms with van der Waals surface area (Å²) in [5.41, 5.74) is 1.35. The number of piperazine rings is 1. The molecule has 5 nitrogen and oxygen atoms in total. The molecule has 1 fully saturated rings. The van der Waals surface area contributed by atoms with Crippen LogP contribution in [0.1, 0.15) is 12.5 Å². The third kappa shape index (κ3) is 2.51. The number of hydrogen-bond acceptors (Lipinski definition) is 4. The van der Waals surface area contributed by atoms with E-state index >= 15 is 0 Å². The van der Waals surface area contributed by atoms with Gasteiger partial charge in [0.25, 0.3) is 0 Å². The Balaban J connectivity index is 1.84. The molecule has 1 saturated heterocycles. The van der Waals surface area contributed by atoms with E-state index in [-0.39, 0.29) is 5.82 Å². The van der Waals surface area contributed by atoms with E-state index in [4.69, 9.17) is 0 Å². The minimum absolute atomic E-state index is 0.226. The molecule has 2 aromatic rings. The van der Waals surface area contributed by atoms with Gasteiger partial charge in [0.05, 0.1) is 0 Å². The highest BCUT2D eigenvalue weighted by Gasteiger charge is 2.19. The zero-order valence-corrected chi connectivity index (χ0v) is 11.7. The van der Waals surface area contributed by atoms with E-state index in [1.54, 1.807) is 13.0 Å². The van der Waals surface area contributed by atoms with Crippen LogP contribution in [0, 0.1) is 12.7 Å². The van der Waals surface area contributed by atoms with Gasteiger partial charge >= 0.3 is 0 Å². The fourth-order valence-electron chi connectivity index (χ4n) is 2.38. The number of anilines is 1. The van der Waals surface area contributed by atoms with Crippen molar-refractivity contribution < 1.29 is 4.39 Å². The van der Waals surface area contributed by atoms with Crippen molar-refractivity contribution in [3.63, 3.8) is 0 Å². The van der Waals surface area contributed by atoms with Gasteiger partial charge in [-0.15, -0.1) is 5.10 Å². The number of rotatable bonds is 2. The average Bonchev–Trinajstić information content (AvgIpc) is 2.92. The van der Waals surface area contributed by atoms with Gasteiger partial charge in [-0.1, -0.05) is 12.1 Å². The van der Waals surface area contributed by atoms with Gasteiger partial charge in [-0.05, 0) is 25.5 Å². The topological polar surface area (TPSA) is 56.8 Å². The van der Waals surface area contributed by atoms with Gasteiger partial charge in [0, 0.05) is 31.2 Å². The number of nitrogens with zero attached hydrogens (tertiary/aromatic N) is 3. The van der Waals surface area contributed by atoms with Crippen LogP contribution in [-0.4, -0.2) is 40.9 Å². The molecule has 2 N–H and O–H groups in total. The van der Waals surface area contributed by atoms with Crippen LogP contribution < -0.4 is 10.2 Å². The number of halogens is 1. The lowest BCUT2D eigenvalue weighted by molar-refractivity contribution is 0.480. The Morgan fingerprint density at radius 2 is 2.25 bits per heavy atom. The lowest BCUT2D eigenvalue weighted by atomic mass is 10.1. The predicted molar refractivity (Wildman–Crippen MR) is 76.2 cm³/mol. The summed E-state index contributed by atoms with van der Waals surface area (Å²) in [6.07, 6.45) is 0. The quantitative estimate of drug-likeness (QED) is 0.876. The van der Waals surface area contributed by atoms with Crippen molar-refractivity contribution >= 4 is 5.95 Å². The molecule has 20 heavy (non-hydrogen) atoms. The summed E-state index contributed by atoms with van der Waals surface area (Å²) in [4.78, 5) is 6.60.